The summed E-state index contributed by atoms with van der Waals surface area (Å²) in [6.45, 7) is 6.15. The van der Waals surface area contributed by atoms with E-state index >= 15 is 0 Å². The van der Waals surface area contributed by atoms with Gasteiger partial charge in [-0.05, 0) is 31.3 Å². The summed E-state index contributed by atoms with van der Waals surface area (Å²) in [5.74, 6) is 0.767. The smallest absolute Gasteiger partial charge is 0.145 e. The number of hydrogen-bond acceptors (Lipinski definition) is 2. The van der Waals surface area contributed by atoms with E-state index in [9.17, 15) is 0 Å². The standard InChI is InChI=1S/C15H15NO/c1-12-7-9-13(10-8-12)11-17-15-6-4-3-5-14(15)16-2/h3-10H,2,11H2,1H3. The zero-order chi connectivity index (χ0) is 12.1. The number of aliphatic imine (C=N–C) groups is 1. The highest BCUT2D eigenvalue weighted by Gasteiger charge is 2.00. The number of para-hydroxylation sites is 2. The van der Waals surface area contributed by atoms with Gasteiger partial charge in [0.25, 0.3) is 0 Å². The van der Waals surface area contributed by atoms with Crippen LogP contribution < -0.4 is 4.74 Å². The third kappa shape index (κ3) is 2.94. The van der Waals surface area contributed by atoms with Gasteiger partial charge in [-0.1, -0.05) is 42.0 Å². The lowest BCUT2D eigenvalue weighted by molar-refractivity contribution is 0.307. The van der Waals surface area contributed by atoms with Gasteiger partial charge in [-0.25, -0.2) is 0 Å². The Kier molecular flexibility index (Phi) is 3.55. The molecule has 2 rings (SSSR count). The molecule has 0 radical (unpaired) electrons. The summed E-state index contributed by atoms with van der Waals surface area (Å²) in [7, 11) is 0. The first-order valence-corrected chi connectivity index (χ1v) is 5.53. The Morgan fingerprint density at radius 3 is 2.47 bits per heavy atom. The van der Waals surface area contributed by atoms with E-state index in [1.54, 1.807) is 0 Å². The Balaban J connectivity index is 2.07. The lowest BCUT2D eigenvalue weighted by atomic mass is 10.2. The second-order valence-electron chi connectivity index (χ2n) is 3.90. The van der Waals surface area contributed by atoms with Crippen LogP contribution in [-0.4, -0.2) is 6.72 Å². The molecule has 0 saturated heterocycles. The Morgan fingerprint density at radius 2 is 1.76 bits per heavy atom. The minimum absolute atomic E-state index is 0.548. The molecule has 0 atom stereocenters. The van der Waals surface area contributed by atoms with Crippen molar-refractivity contribution in [2.24, 2.45) is 4.99 Å². The minimum atomic E-state index is 0.548. The van der Waals surface area contributed by atoms with E-state index in [0.29, 0.717) is 6.61 Å². The molecule has 0 spiro atoms. The van der Waals surface area contributed by atoms with Crippen LogP contribution in [0.3, 0.4) is 0 Å². The van der Waals surface area contributed by atoms with Crippen molar-refractivity contribution in [1.29, 1.82) is 0 Å². The van der Waals surface area contributed by atoms with Crippen molar-refractivity contribution in [2.45, 2.75) is 13.5 Å². The molecule has 0 saturated carbocycles. The monoisotopic (exact) mass is 225 g/mol. The summed E-state index contributed by atoms with van der Waals surface area (Å²) in [6, 6.07) is 15.9. The van der Waals surface area contributed by atoms with Gasteiger partial charge in [-0.2, -0.15) is 0 Å². The fraction of sp³-hybridized carbons (Fsp3) is 0.133. The lowest BCUT2D eigenvalue weighted by Gasteiger charge is -2.08. The zero-order valence-electron chi connectivity index (χ0n) is 9.89. The molecule has 2 heteroatoms. The molecule has 86 valence electrons. The van der Waals surface area contributed by atoms with Crippen molar-refractivity contribution in [3.8, 4) is 5.75 Å². The Hall–Kier alpha value is -2.09. The highest BCUT2D eigenvalue weighted by Crippen LogP contribution is 2.26. The Bertz CT molecular complexity index is 503. The van der Waals surface area contributed by atoms with Gasteiger partial charge in [-0.15, -0.1) is 0 Å². The van der Waals surface area contributed by atoms with Crippen molar-refractivity contribution in [2.75, 3.05) is 0 Å². The predicted octanol–water partition coefficient (Wildman–Crippen LogP) is 3.91. The van der Waals surface area contributed by atoms with Gasteiger partial charge in [0.2, 0.25) is 0 Å². The summed E-state index contributed by atoms with van der Waals surface area (Å²) in [5.41, 5.74) is 3.18. The van der Waals surface area contributed by atoms with E-state index in [4.69, 9.17) is 4.74 Å². The first-order chi connectivity index (χ1) is 8.29. The number of nitrogens with zero attached hydrogens (tertiary/aromatic N) is 1. The number of hydrogen-bond donors (Lipinski definition) is 0. The maximum Gasteiger partial charge on any atom is 0.145 e. The summed E-state index contributed by atoms with van der Waals surface area (Å²) >= 11 is 0. The maximum absolute atomic E-state index is 5.72. The molecule has 2 aromatic rings. The van der Waals surface area contributed by atoms with Crippen molar-refractivity contribution >= 4 is 12.4 Å². The van der Waals surface area contributed by atoms with Crippen molar-refractivity contribution in [3.63, 3.8) is 0 Å². The molecule has 17 heavy (non-hydrogen) atoms. The number of ether oxygens (including phenoxy) is 1. The van der Waals surface area contributed by atoms with Crippen LogP contribution in [0, 0.1) is 6.92 Å². The quantitative estimate of drug-likeness (QED) is 0.723. The van der Waals surface area contributed by atoms with Crippen molar-refractivity contribution in [3.05, 3.63) is 59.7 Å². The van der Waals surface area contributed by atoms with Gasteiger partial charge in [0.1, 0.15) is 18.0 Å². The molecule has 2 nitrogen and oxygen atoms in total. The first kappa shape index (κ1) is 11.4. The average Bonchev–Trinajstić information content (AvgIpc) is 2.38. The lowest BCUT2D eigenvalue weighted by Crippen LogP contribution is -1.95. The SMILES string of the molecule is C=Nc1ccccc1OCc1ccc(C)cc1. The van der Waals surface area contributed by atoms with Gasteiger partial charge in [0.15, 0.2) is 0 Å². The summed E-state index contributed by atoms with van der Waals surface area (Å²) in [5, 5.41) is 0. The topological polar surface area (TPSA) is 21.6 Å². The summed E-state index contributed by atoms with van der Waals surface area (Å²) in [4.78, 5) is 3.92. The summed E-state index contributed by atoms with van der Waals surface area (Å²) < 4.78 is 5.72. The third-order valence-electron chi connectivity index (χ3n) is 2.55. The minimum Gasteiger partial charge on any atom is -0.487 e. The number of aryl methyl sites for hydroxylation is 1. The number of benzene rings is 2. The van der Waals surface area contributed by atoms with Crippen LogP contribution >= 0.6 is 0 Å². The highest BCUT2D eigenvalue weighted by atomic mass is 16.5. The third-order valence-corrected chi connectivity index (χ3v) is 2.55. The van der Waals surface area contributed by atoms with Crippen molar-refractivity contribution < 1.29 is 4.74 Å². The van der Waals surface area contributed by atoms with Crippen LogP contribution in [0.25, 0.3) is 0 Å². The average molecular weight is 225 g/mol. The maximum atomic E-state index is 5.72. The highest BCUT2D eigenvalue weighted by molar-refractivity contribution is 5.55. The van der Waals surface area contributed by atoms with Gasteiger partial charge in [-0.3, -0.25) is 4.99 Å². The Morgan fingerprint density at radius 1 is 1.06 bits per heavy atom. The molecule has 2 aromatic carbocycles. The largest absolute Gasteiger partial charge is 0.487 e. The summed E-state index contributed by atoms with van der Waals surface area (Å²) in [6.07, 6.45) is 0. The second-order valence-corrected chi connectivity index (χ2v) is 3.90. The molecule has 0 aliphatic rings. The van der Waals surface area contributed by atoms with Gasteiger partial charge in [0.05, 0.1) is 0 Å². The van der Waals surface area contributed by atoms with E-state index in [0.717, 1.165) is 17.0 Å². The molecule has 0 bridgehead atoms. The predicted molar refractivity (Wildman–Crippen MR) is 71.2 cm³/mol. The first-order valence-electron chi connectivity index (χ1n) is 5.53. The molecule has 0 amide bonds. The molecule has 0 aliphatic heterocycles. The van der Waals surface area contributed by atoms with Crippen LogP contribution in [0.4, 0.5) is 5.69 Å². The van der Waals surface area contributed by atoms with E-state index in [2.05, 4.69) is 42.9 Å². The molecule has 0 fully saturated rings. The molecular weight excluding hydrogens is 210 g/mol. The molecule has 0 heterocycles. The van der Waals surface area contributed by atoms with E-state index in [-0.39, 0.29) is 0 Å². The van der Waals surface area contributed by atoms with E-state index in [1.807, 2.05) is 24.3 Å². The van der Waals surface area contributed by atoms with Crippen LogP contribution in [-0.2, 0) is 6.61 Å². The van der Waals surface area contributed by atoms with Crippen LogP contribution in [0.5, 0.6) is 5.75 Å². The van der Waals surface area contributed by atoms with Crippen LogP contribution in [0.1, 0.15) is 11.1 Å². The van der Waals surface area contributed by atoms with Gasteiger partial charge >= 0.3 is 0 Å². The fourth-order valence-corrected chi connectivity index (χ4v) is 1.56. The van der Waals surface area contributed by atoms with Crippen LogP contribution in [0.15, 0.2) is 53.5 Å². The second kappa shape index (κ2) is 5.30. The van der Waals surface area contributed by atoms with Crippen molar-refractivity contribution in [1.82, 2.24) is 0 Å². The molecular formula is C15H15NO. The number of rotatable bonds is 4. The van der Waals surface area contributed by atoms with E-state index in [1.165, 1.54) is 5.56 Å². The zero-order valence-corrected chi connectivity index (χ0v) is 9.89. The normalized spacial score (nSPS) is 9.94. The molecule has 0 aliphatic carbocycles. The Labute approximate surface area is 102 Å². The van der Waals surface area contributed by atoms with E-state index < -0.39 is 0 Å². The molecule has 0 unspecified atom stereocenters. The molecule has 0 aromatic heterocycles. The van der Waals surface area contributed by atoms with Gasteiger partial charge in [0, 0.05) is 0 Å². The fourth-order valence-electron chi connectivity index (χ4n) is 1.56. The van der Waals surface area contributed by atoms with Crippen LogP contribution in [0.2, 0.25) is 0 Å². The van der Waals surface area contributed by atoms with Gasteiger partial charge < -0.3 is 4.74 Å². The molecule has 0 N–H and O–H groups in total.